The van der Waals surface area contributed by atoms with Crippen molar-refractivity contribution >= 4 is 17.0 Å². The number of likely N-dealkylation sites (tertiary alicyclic amines) is 1. The number of carbonyl (C=O) groups is 1. The van der Waals surface area contributed by atoms with Crippen LogP contribution in [0.15, 0.2) is 21.2 Å². The third-order valence-electron chi connectivity index (χ3n) is 5.13. The molecule has 0 saturated carbocycles. The first-order valence-electron chi connectivity index (χ1n) is 9.37. The predicted molar refractivity (Wildman–Crippen MR) is 95.3 cm³/mol. The number of fused-ring (bicyclic) bond motifs is 1. The van der Waals surface area contributed by atoms with Crippen molar-refractivity contribution in [1.29, 1.82) is 0 Å². The van der Waals surface area contributed by atoms with Crippen molar-refractivity contribution in [1.82, 2.24) is 20.2 Å². The Kier molecular flexibility index (Phi) is 4.79. The van der Waals surface area contributed by atoms with Crippen LogP contribution in [0.4, 0.5) is 13.2 Å². The maximum absolute atomic E-state index is 13.6. The zero-order valence-electron chi connectivity index (χ0n) is 15.9. The highest BCUT2D eigenvalue weighted by molar-refractivity contribution is 5.91. The fourth-order valence-corrected chi connectivity index (χ4v) is 3.72. The van der Waals surface area contributed by atoms with Gasteiger partial charge in [-0.25, -0.2) is 4.98 Å². The van der Waals surface area contributed by atoms with Crippen molar-refractivity contribution in [2.45, 2.75) is 45.2 Å². The Labute approximate surface area is 163 Å². The summed E-state index contributed by atoms with van der Waals surface area (Å²) in [5.41, 5.74) is 0.0935. The van der Waals surface area contributed by atoms with Crippen molar-refractivity contribution in [3.63, 3.8) is 0 Å². The standard InChI is InChI=1S/C19H19F3N4O3/c1-3-12-8-14(28-24-12)18(27)26-6-4-5-11(9-26)16-15-13(19(20,21)22)7-10(2)23-17(15)29-25-16/h7-8,11H,3-6,9H2,1-2H3/t11-/m0/s1. The van der Waals surface area contributed by atoms with Gasteiger partial charge < -0.3 is 13.9 Å². The van der Waals surface area contributed by atoms with Gasteiger partial charge in [0.05, 0.1) is 22.3 Å². The predicted octanol–water partition coefficient (Wildman–Crippen LogP) is 4.12. The highest BCUT2D eigenvalue weighted by Crippen LogP contribution is 2.40. The molecule has 1 atom stereocenters. The minimum atomic E-state index is -4.56. The average molecular weight is 408 g/mol. The monoisotopic (exact) mass is 408 g/mol. The van der Waals surface area contributed by atoms with E-state index in [1.807, 2.05) is 6.92 Å². The van der Waals surface area contributed by atoms with Crippen LogP contribution in [0.5, 0.6) is 0 Å². The summed E-state index contributed by atoms with van der Waals surface area (Å²) in [4.78, 5) is 18.3. The average Bonchev–Trinajstić information content (AvgIpc) is 3.33. The summed E-state index contributed by atoms with van der Waals surface area (Å²) >= 11 is 0. The van der Waals surface area contributed by atoms with E-state index in [0.29, 0.717) is 31.5 Å². The lowest BCUT2D eigenvalue weighted by atomic mass is 9.91. The summed E-state index contributed by atoms with van der Waals surface area (Å²) in [7, 11) is 0. The smallest absolute Gasteiger partial charge is 0.351 e. The first-order valence-corrected chi connectivity index (χ1v) is 9.37. The number of rotatable bonds is 3. The van der Waals surface area contributed by atoms with Crippen molar-refractivity contribution in [3.8, 4) is 0 Å². The number of halogens is 3. The van der Waals surface area contributed by atoms with Crippen molar-refractivity contribution in [3.05, 3.63) is 40.5 Å². The number of pyridine rings is 1. The Morgan fingerprint density at radius 2 is 2.07 bits per heavy atom. The third kappa shape index (κ3) is 3.58. The van der Waals surface area contributed by atoms with E-state index in [9.17, 15) is 18.0 Å². The van der Waals surface area contributed by atoms with Gasteiger partial charge in [0.1, 0.15) is 0 Å². The van der Waals surface area contributed by atoms with E-state index in [4.69, 9.17) is 9.05 Å². The van der Waals surface area contributed by atoms with Crippen LogP contribution in [-0.2, 0) is 12.6 Å². The van der Waals surface area contributed by atoms with Crippen LogP contribution in [-0.4, -0.2) is 39.2 Å². The molecule has 29 heavy (non-hydrogen) atoms. The van der Waals surface area contributed by atoms with Gasteiger partial charge >= 0.3 is 6.18 Å². The molecule has 1 aliphatic heterocycles. The molecule has 1 saturated heterocycles. The summed E-state index contributed by atoms with van der Waals surface area (Å²) in [6.45, 7) is 4.07. The number of hydrogen-bond acceptors (Lipinski definition) is 6. The maximum atomic E-state index is 13.6. The summed E-state index contributed by atoms with van der Waals surface area (Å²) in [5.74, 6) is -0.603. The highest BCUT2D eigenvalue weighted by Gasteiger charge is 2.38. The van der Waals surface area contributed by atoms with Gasteiger partial charge in [-0.15, -0.1) is 0 Å². The van der Waals surface area contributed by atoms with E-state index in [0.717, 1.165) is 6.07 Å². The SMILES string of the molecule is CCc1cc(C(=O)N2CCC[C@H](c3noc4nc(C)cc(C(F)(F)F)c34)C2)on1. The van der Waals surface area contributed by atoms with Gasteiger partial charge in [0.15, 0.2) is 0 Å². The van der Waals surface area contributed by atoms with Crippen LogP contribution in [0, 0.1) is 6.92 Å². The first-order chi connectivity index (χ1) is 13.8. The fourth-order valence-electron chi connectivity index (χ4n) is 3.72. The normalized spacial score (nSPS) is 17.8. The van der Waals surface area contributed by atoms with E-state index in [1.165, 1.54) is 6.92 Å². The zero-order chi connectivity index (χ0) is 20.8. The van der Waals surface area contributed by atoms with E-state index in [2.05, 4.69) is 15.3 Å². The molecule has 1 fully saturated rings. The minimum absolute atomic E-state index is 0.126. The van der Waals surface area contributed by atoms with Crippen LogP contribution in [0.25, 0.3) is 11.1 Å². The molecule has 0 radical (unpaired) electrons. The molecule has 4 rings (SSSR count). The van der Waals surface area contributed by atoms with E-state index < -0.39 is 17.7 Å². The first kappa shape index (κ1) is 19.4. The summed E-state index contributed by atoms with van der Waals surface area (Å²) in [6, 6.07) is 2.58. The molecule has 3 aromatic heterocycles. The Morgan fingerprint density at radius 1 is 1.28 bits per heavy atom. The molecule has 0 aromatic carbocycles. The number of aromatic nitrogens is 3. The summed E-state index contributed by atoms with van der Waals surface area (Å²) in [6.07, 6.45) is -2.71. The second kappa shape index (κ2) is 7.16. The number of amides is 1. The molecule has 1 aliphatic rings. The molecule has 0 aliphatic carbocycles. The molecule has 0 unspecified atom stereocenters. The molecule has 0 bridgehead atoms. The number of hydrogen-bond donors (Lipinski definition) is 0. The third-order valence-corrected chi connectivity index (χ3v) is 5.13. The second-order valence-corrected chi connectivity index (χ2v) is 7.18. The lowest BCUT2D eigenvalue weighted by Gasteiger charge is -2.31. The molecule has 1 amide bonds. The molecule has 10 heteroatoms. The van der Waals surface area contributed by atoms with E-state index >= 15 is 0 Å². The fraction of sp³-hybridized carbons (Fsp3) is 0.474. The van der Waals surface area contributed by atoms with Crippen LogP contribution >= 0.6 is 0 Å². The number of carbonyl (C=O) groups excluding carboxylic acids is 1. The zero-order valence-corrected chi connectivity index (χ0v) is 15.9. The number of piperidine rings is 1. The molecular formula is C19H19F3N4O3. The van der Waals surface area contributed by atoms with Crippen LogP contribution in [0.3, 0.4) is 0 Å². The van der Waals surface area contributed by atoms with Gasteiger partial charge in [0.2, 0.25) is 5.76 Å². The lowest BCUT2D eigenvalue weighted by molar-refractivity contribution is -0.136. The van der Waals surface area contributed by atoms with Crippen LogP contribution < -0.4 is 0 Å². The van der Waals surface area contributed by atoms with Gasteiger partial charge in [0, 0.05) is 30.8 Å². The van der Waals surface area contributed by atoms with Crippen molar-refractivity contribution in [2.24, 2.45) is 0 Å². The number of alkyl halides is 3. The Balaban J connectivity index is 1.66. The Bertz CT molecular complexity index is 1060. The van der Waals surface area contributed by atoms with Gasteiger partial charge in [-0.2, -0.15) is 13.2 Å². The molecule has 7 nitrogen and oxygen atoms in total. The van der Waals surface area contributed by atoms with Gasteiger partial charge in [-0.3, -0.25) is 4.79 Å². The molecule has 0 N–H and O–H groups in total. The molecule has 0 spiro atoms. The topological polar surface area (TPSA) is 85.3 Å². The molecule has 3 aromatic rings. The Morgan fingerprint density at radius 3 is 2.76 bits per heavy atom. The summed E-state index contributed by atoms with van der Waals surface area (Å²) in [5, 5.41) is 7.60. The van der Waals surface area contributed by atoms with Crippen molar-refractivity contribution in [2.75, 3.05) is 13.1 Å². The Hall–Kier alpha value is -2.91. The molecular weight excluding hydrogens is 389 g/mol. The van der Waals surface area contributed by atoms with Crippen LogP contribution in [0.2, 0.25) is 0 Å². The number of aryl methyl sites for hydroxylation is 2. The lowest BCUT2D eigenvalue weighted by Crippen LogP contribution is -2.39. The van der Waals surface area contributed by atoms with Crippen molar-refractivity contribution < 1.29 is 27.0 Å². The summed E-state index contributed by atoms with van der Waals surface area (Å²) < 4.78 is 51.0. The van der Waals surface area contributed by atoms with E-state index in [1.54, 1.807) is 11.0 Å². The van der Waals surface area contributed by atoms with Gasteiger partial charge in [-0.05, 0) is 32.3 Å². The van der Waals surface area contributed by atoms with E-state index in [-0.39, 0.29) is 40.7 Å². The number of nitrogens with zero attached hydrogens (tertiary/aromatic N) is 4. The molecule has 4 heterocycles. The van der Waals surface area contributed by atoms with Gasteiger partial charge in [0.25, 0.3) is 11.6 Å². The minimum Gasteiger partial charge on any atom is -0.351 e. The largest absolute Gasteiger partial charge is 0.417 e. The maximum Gasteiger partial charge on any atom is 0.417 e. The van der Waals surface area contributed by atoms with Crippen LogP contribution in [0.1, 0.15) is 58.9 Å². The molecule has 154 valence electrons. The highest BCUT2D eigenvalue weighted by atomic mass is 19.4. The quantitative estimate of drug-likeness (QED) is 0.648. The second-order valence-electron chi connectivity index (χ2n) is 7.18. The van der Waals surface area contributed by atoms with Gasteiger partial charge in [-0.1, -0.05) is 17.2 Å².